The summed E-state index contributed by atoms with van der Waals surface area (Å²) in [7, 11) is -3.69. The summed E-state index contributed by atoms with van der Waals surface area (Å²) in [5.74, 6) is 0.353. The van der Waals surface area contributed by atoms with Gasteiger partial charge < -0.3 is 0 Å². The second-order valence-corrected chi connectivity index (χ2v) is 7.52. The maximum Gasteiger partial charge on any atom is 0.272 e. The van der Waals surface area contributed by atoms with Crippen molar-refractivity contribution in [3.63, 3.8) is 0 Å². The molecule has 108 valence electrons. The minimum atomic E-state index is -3.69. The van der Waals surface area contributed by atoms with Crippen LogP contribution >= 0.6 is 27.3 Å². The highest BCUT2D eigenvalue weighted by molar-refractivity contribution is 9.10. The number of thiophene rings is 1. The maximum atomic E-state index is 12.4. The van der Waals surface area contributed by atoms with Crippen LogP contribution in [-0.2, 0) is 10.0 Å². The molecule has 0 fully saturated rings. The van der Waals surface area contributed by atoms with Gasteiger partial charge in [0.05, 0.1) is 5.69 Å². The Labute approximate surface area is 132 Å². The predicted molar refractivity (Wildman–Crippen MR) is 82.0 cm³/mol. The number of pyridine rings is 1. The molecule has 3 rings (SSSR count). The Hall–Kier alpha value is -1.78. The molecule has 0 unspecified atom stereocenters. The van der Waals surface area contributed by atoms with E-state index in [0.29, 0.717) is 16.0 Å². The van der Waals surface area contributed by atoms with E-state index in [1.807, 2.05) is 0 Å². The Morgan fingerprint density at radius 2 is 2.19 bits per heavy atom. The van der Waals surface area contributed by atoms with Crippen molar-refractivity contribution in [2.75, 3.05) is 4.72 Å². The second kappa shape index (κ2) is 5.54. The lowest BCUT2D eigenvalue weighted by atomic mass is 10.4. The second-order valence-electron chi connectivity index (χ2n) is 3.88. The molecule has 0 aromatic carbocycles. The Morgan fingerprint density at radius 3 is 2.86 bits per heavy atom. The van der Waals surface area contributed by atoms with Crippen LogP contribution in [0.15, 0.2) is 51.1 Å². The zero-order valence-electron chi connectivity index (χ0n) is 10.3. The number of nitrogens with zero attached hydrogens (tertiary/aromatic N) is 4. The van der Waals surface area contributed by atoms with E-state index in [9.17, 15) is 8.42 Å². The highest BCUT2D eigenvalue weighted by Gasteiger charge is 2.21. The minimum absolute atomic E-state index is 0.205. The molecule has 0 aliphatic carbocycles. The van der Waals surface area contributed by atoms with Crippen molar-refractivity contribution in [3.8, 4) is 5.82 Å². The maximum absolute atomic E-state index is 12.4. The average molecular weight is 386 g/mol. The van der Waals surface area contributed by atoms with Crippen molar-refractivity contribution >= 4 is 43.0 Å². The fourth-order valence-electron chi connectivity index (χ4n) is 1.64. The molecule has 0 aliphatic rings. The number of halogens is 1. The standard InChI is InChI=1S/C11H8BrN5O2S2/c12-8-3-5-20-11(8)21(18,19)16-9-2-1-4-14-10(9)17-7-13-6-15-17/h1-7,16H. The van der Waals surface area contributed by atoms with E-state index in [0.717, 1.165) is 11.3 Å². The Bertz CT molecular complexity index is 860. The molecule has 0 radical (unpaired) electrons. The highest BCUT2D eigenvalue weighted by Crippen LogP contribution is 2.30. The van der Waals surface area contributed by atoms with E-state index >= 15 is 0 Å². The first kappa shape index (κ1) is 14.2. The predicted octanol–water partition coefficient (Wildman–Crippen LogP) is 2.29. The van der Waals surface area contributed by atoms with Crippen LogP contribution in [0.3, 0.4) is 0 Å². The van der Waals surface area contributed by atoms with E-state index < -0.39 is 10.0 Å². The van der Waals surface area contributed by atoms with Crippen LogP contribution in [0, 0.1) is 0 Å². The van der Waals surface area contributed by atoms with Gasteiger partial charge in [-0.1, -0.05) is 0 Å². The topological polar surface area (TPSA) is 89.8 Å². The summed E-state index contributed by atoms with van der Waals surface area (Å²) in [6.07, 6.45) is 4.35. The monoisotopic (exact) mass is 385 g/mol. The molecule has 0 saturated carbocycles. The molecule has 0 aliphatic heterocycles. The fourth-order valence-corrected chi connectivity index (χ4v) is 5.04. The van der Waals surface area contributed by atoms with Crippen molar-refractivity contribution in [1.29, 1.82) is 0 Å². The van der Waals surface area contributed by atoms with Gasteiger partial charge in [-0.25, -0.2) is 23.1 Å². The molecule has 0 spiro atoms. The SMILES string of the molecule is O=S(=O)(Nc1cccnc1-n1cncn1)c1sccc1Br. The molecule has 3 aromatic heterocycles. The van der Waals surface area contributed by atoms with Crippen LogP contribution in [0.1, 0.15) is 0 Å². The first-order valence-electron chi connectivity index (χ1n) is 5.64. The summed E-state index contributed by atoms with van der Waals surface area (Å²) < 4.78 is 29.4. The number of sulfonamides is 1. The molecular weight excluding hydrogens is 378 g/mol. The van der Waals surface area contributed by atoms with Gasteiger partial charge in [-0.2, -0.15) is 5.10 Å². The molecule has 10 heteroatoms. The average Bonchev–Trinajstić information content (AvgIpc) is 3.10. The Morgan fingerprint density at radius 1 is 1.33 bits per heavy atom. The van der Waals surface area contributed by atoms with Gasteiger partial charge in [0.2, 0.25) is 0 Å². The summed E-state index contributed by atoms with van der Waals surface area (Å²) in [6, 6.07) is 4.94. The largest absolute Gasteiger partial charge is 0.275 e. The normalized spacial score (nSPS) is 11.5. The lowest BCUT2D eigenvalue weighted by Crippen LogP contribution is -2.14. The molecule has 3 heterocycles. The van der Waals surface area contributed by atoms with Crippen molar-refractivity contribution in [2.45, 2.75) is 4.21 Å². The van der Waals surface area contributed by atoms with Gasteiger partial charge >= 0.3 is 0 Å². The summed E-state index contributed by atoms with van der Waals surface area (Å²) in [5, 5.41) is 5.65. The molecule has 0 bridgehead atoms. The number of hydrogen-bond acceptors (Lipinski definition) is 6. The van der Waals surface area contributed by atoms with Crippen molar-refractivity contribution in [1.82, 2.24) is 19.7 Å². The third-order valence-electron chi connectivity index (χ3n) is 2.50. The lowest BCUT2D eigenvalue weighted by Gasteiger charge is -2.10. The van der Waals surface area contributed by atoms with Crippen LogP contribution in [-0.4, -0.2) is 28.2 Å². The van der Waals surface area contributed by atoms with E-state index in [4.69, 9.17) is 0 Å². The van der Waals surface area contributed by atoms with Gasteiger partial charge in [-0.15, -0.1) is 11.3 Å². The van der Waals surface area contributed by atoms with Gasteiger partial charge in [-0.05, 0) is 39.5 Å². The first-order valence-corrected chi connectivity index (χ1v) is 8.79. The Kier molecular flexibility index (Phi) is 3.74. The van der Waals surface area contributed by atoms with Crippen molar-refractivity contribution in [2.24, 2.45) is 0 Å². The van der Waals surface area contributed by atoms with Crippen molar-refractivity contribution in [3.05, 3.63) is 46.9 Å². The van der Waals surface area contributed by atoms with Gasteiger partial charge in [-0.3, -0.25) is 4.72 Å². The smallest absolute Gasteiger partial charge is 0.272 e. The Balaban J connectivity index is 2.02. The molecule has 7 nitrogen and oxygen atoms in total. The van der Waals surface area contributed by atoms with E-state index in [1.165, 1.54) is 17.3 Å². The number of hydrogen-bond donors (Lipinski definition) is 1. The van der Waals surface area contributed by atoms with Crippen LogP contribution in [0.2, 0.25) is 0 Å². The third-order valence-corrected chi connectivity index (χ3v) is 6.53. The number of nitrogens with one attached hydrogen (secondary N) is 1. The van der Waals surface area contributed by atoms with Crippen LogP contribution in [0.4, 0.5) is 5.69 Å². The van der Waals surface area contributed by atoms with E-state index in [2.05, 4.69) is 35.7 Å². The minimum Gasteiger partial charge on any atom is -0.275 e. The molecule has 3 aromatic rings. The quantitative estimate of drug-likeness (QED) is 0.743. The van der Waals surface area contributed by atoms with Crippen LogP contribution < -0.4 is 4.72 Å². The lowest BCUT2D eigenvalue weighted by molar-refractivity contribution is 0.602. The van der Waals surface area contributed by atoms with Crippen LogP contribution in [0.25, 0.3) is 5.82 Å². The molecular formula is C11H8BrN5O2S2. The molecule has 21 heavy (non-hydrogen) atoms. The number of aromatic nitrogens is 4. The van der Waals surface area contributed by atoms with Crippen LogP contribution in [0.5, 0.6) is 0 Å². The van der Waals surface area contributed by atoms with Gasteiger partial charge in [0.1, 0.15) is 12.7 Å². The summed E-state index contributed by atoms with van der Waals surface area (Å²) in [5.41, 5.74) is 0.323. The summed E-state index contributed by atoms with van der Waals surface area (Å²) >= 11 is 4.35. The van der Waals surface area contributed by atoms with Gasteiger partial charge in [0.25, 0.3) is 10.0 Å². The first-order chi connectivity index (χ1) is 10.1. The summed E-state index contributed by atoms with van der Waals surface area (Å²) in [6.45, 7) is 0. The zero-order valence-corrected chi connectivity index (χ0v) is 13.6. The molecule has 1 N–H and O–H groups in total. The highest BCUT2D eigenvalue weighted by atomic mass is 79.9. The number of rotatable bonds is 4. The summed E-state index contributed by atoms with van der Waals surface area (Å²) in [4.78, 5) is 7.96. The molecule has 0 atom stereocenters. The number of anilines is 1. The van der Waals surface area contributed by atoms with E-state index in [-0.39, 0.29) is 4.21 Å². The third kappa shape index (κ3) is 2.82. The molecule has 0 amide bonds. The van der Waals surface area contributed by atoms with Gasteiger partial charge in [0.15, 0.2) is 10.0 Å². The van der Waals surface area contributed by atoms with Gasteiger partial charge in [0, 0.05) is 10.7 Å². The zero-order chi connectivity index (χ0) is 14.9. The molecule has 0 saturated heterocycles. The van der Waals surface area contributed by atoms with Crippen molar-refractivity contribution < 1.29 is 8.42 Å². The fraction of sp³-hybridized carbons (Fsp3) is 0. The van der Waals surface area contributed by atoms with E-state index in [1.54, 1.807) is 29.8 Å².